The van der Waals surface area contributed by atoms with Crippen molar-refractivity contribution in [2.45, 2.75) is 56.5 Å². The summed E-state index contributed by atoms with van der Waals surface area (Å²) in [6, 6.07) is 4.32. The van der Waals surface area contributed by atoms with Crippen LogP contribution in [0.4, 0.5) is 18.9 Å². The van der Waals surface area contributed by atoms with Crippen LogP contribution in [0.5, 0.6) is 5.75 Å². The number of nitrogens with zero attached hydrogens (tertiary/aromatic N) is 1. The Morgan fingerprint density at radius 3 is 2.53 bits per heavy atom. The molecule has 2 fully saturated rings. The summed E-state index contributed by atoms with van der Waals surface area (Å²) in [5.74, 6) is -2.56. The normalized spacial score (nSPS) is 23.3. The van der Waals surface area contributed by atoms with Crippen molar-refractivity contribution in [1.82, 2.24) is 4.31 Å². The Morgan fingerprint density at radius 2 is 1.90 bits per heavy atom. The largest absolute Gasteiger partial charge is 0.492 e. The van der Waals surface area contributed by atoms with Gasteiger partial charge in [-0.25, -0.2) is 8.42 Å². The second kappa shape index (κ2) is 9.13. The third-order valence-corrected chi connectivity index (χ3v) is 7.62. The molecule has 1 saturated heterocycles. The molecule has 10 heteroatoms. The molecular weight excluding hydrogens is 421 g/mol. The summed E-state index contributed by atoms with van der Waals surface area (Å²) < 4.78 is 72.0. The van der Waals surface area contributed by atoms with E-state index in [0.29, 0.717) is 25.9 Å². The zero-order valence-electron chi connectivity index (χ0n) is 16.9. The molecule has 3 rings (SSSR count). The van der Waals surface area contributed by atoms with E-state index in [2.05, 4.69) is 5.32 Å². The maximum atomic E-state index is 13.0. The Hall–Kier alpha value is -1.81. The zero-order chi connectivity index (χ0) is 21.9. The first-order valence-electron chi connectivity index (χ1n) is 10.3. The maximum absolute atomic E-state index is 13.0. The van der Waals surface area contributed by atoms with Crippen LogP contribution in [-0.2, 0) is 14.8 Å². The van der Waals surface area contributed by atoms with Gasteiger partial charge in [0.25, 0.3) is 0 Å². The summed E-state index contributed by atoms with van der Waals surface area (Å²) in [5, 5.41) is 2.61. The molecule has 30 heavy (non-hydrogen) atoms. The predicted molar refractivity (Wildman–Crippen MR) is 106 cm³/mol. The van der Waals surface area contributed by atoms with Crippen LogP contribution in [0, 0.1) is 11.8 Å². The van der Waals surface area contributed by atoms with Gasteiger partial charge in [-0.05, 0) is 57.2 Å². The molecular formula is C20H27F3N2O4S. The van der Waals surface area contributed by atoms with Crippen LogP contribution in [0.1, 0.15) is 45.4 Å². The molecule has 1 aromatic rings. The summed E-state index contributed by atoms with van der Waals surface area (Å²) in [6.07, 6.45) is -2.24. The van der Waals surface area contributed by atoms with Crippen molar-refractivity contribution in [3.05, 3.63) is 18.2 Å². The number of sulfonamides is 1. The van der Waals surface area contributed by atoms with E-state index in [9.17, 15) is 26.4 Å². The SMILES string of the molecule is CCOc1ccc(NC(=O)C2CCCC(C(F)(F)F)C2)cc1S(=O)(=O)N1CCCC1. The van der Waals surface area contributed by atoms with Crippen molar-refractivity contribution in [3.8, 4) is 5.75 Å². The fourth-order valence-corrected chi connectivity index (χ4v) is 5.77. The lowest BCUT2D eigenvalue weighted by Crippen LogP contribution is -2.34. The molecule has 1 N–H and O–H groups in total. The van der Waals surface area contributed by atoms with Crippen molar-refractivity contribution < 1.29 is 31.1 Å². The molecule has 0 spiro atoms. The fraction of sp³-hybridized carbons (Fsp3) is 0.650. The van der Waals surface area contributed by atoms with Crippen molar-refractivity contribution >= 4 is 21.6 Å². The molecule has 1 aliphatic carbocycles. The van der Waals surface area contributed by atoms with E-state index in [-0.39, 0.29) is 35.8 Å². The van der Waals surface area contributed by atoms with Gasteiger partial charge in [-0.1, -0.05) is 6.42 Å². The Labute approximate surface area is 174 Å². The van der Waals surface area contributed by atoms with Crippen LogP contribution in [0.25, 0.3) is 0 Å². The number of hydrogen-bond donors (Lipinski definition) is 1. The van der Waals surface area contributed by atoms with Crippen molar-refractivity contribution in [2.24, 2.45) is 11.8 Å². The molecule has 2 atom stereocenters. The van der Waals surface area contributed by atoms with E-state index in [0.717, 1.165) is 12.8 Å². The van der Waals surface area contributed by atoms with Gasteiger partial charge in [0.2, 0.25) is 15.9 Å². The summed E-state index contributed by atoms with van der Waals surface area (Å²) in [7, 11) is -3.79. The molecule has 2 unspecified atom stereocenters. The Balaban J connectivity index is 1.80. The van der Waals surface area contributed by atoms with Gasteiger partial charge in [0.05, 0.1) is 12.5 Å². The van der Waals surface area contributed by atoms with Gasteiger partial charge in [0.1, 0.15) is 10.6 Å². The molecule has 1 aliphatic heterocycles. The highest BCUT2D eigenvalue weighted by Crippen LogP contribution is 2.40. The quantitative estimate of drug-likeness (QED) is 0.709. The molecule has 2 aliphatic rings. The van der Waals surface area contributed by atoms with Crippen LogP contribution < -0.4 is 10.1 Å². The minimum atomic E-state index is -4.31. The standard InChI is InChI=1S/C20H27F3N2O4S/c1-2-29-17-9-8-16(13-18(17)30(27,28)25-10-3-4-11-25)24-19(26)14-6-5-7-15(12-14)20(21,22)23/h8-9,13-15H,2-7,10-12H2,1H3,(H,24,26). The predicted octanol–water partition coefficient (Wildman–Crippen LogP) is 4.18. The average Bonchev–Trinajstić information content (AvgIpc) is 3.24. The van der Waals surface area contributed by atoms with Gasteiger partial charge in [-0.2, -0.15) is 17.5 Å². The van der Waals surface area contributed by atoms with E-state index < -0.39 is 33.9 Å². The first-order chi connectivity index (χ1) is 14.1. The minimum Gasteiger partial charge on any atom is -0.492 e. The van der Waals surface area contributed by atoms with E-state index >= 15 is 0 Å². The van der Waals surface area contributed by atoms with Gasteiger partial charge in [0.15, 0.2) is 0 Å². The van der Waals surface area contributed by atoms with Gasteiger partial charge in [-0.3, -0.25) is 4.79 Å². The van der Waals surface area contributed by atoms with Crippen molar-refractivity contribution in [2.75, 3.05) is 25.0 Å². The highest BCUT2D eigenvalue weighted by atomic mass is 32.2. The number of rotatable bonds is 6. The number of anilines is 1. The number of benzene rings is 1. The Kier molecular flexibility index (Phi) is 6.96. The van der Waals surface area contributed by atoms with Crippen LogP contribution >= 0.6 is 0 Å². The van der Waals surface area contributed by atoms with E-state index in [1.165, 1.54) is 22.5 Å². The van der Waals surface area contributed by atoms with Crippen LogP contribution in [0.3, 0.4) is 0 Å². The summed E-state index contributed by atoms with van der Waals surface area (Å²) in [4.78, 5) is 12.6. The first-order valence-corrected chi connectivity index (χ1v) is 11.7. The number of nitrogens with one attached hydrogen (secondary N) is 1. The second-order valence-electron chi connectivity index (χ2n) is 7.80. The molecule has 1 aromatic carbocycles. The molecule has 0 radical (unpaired) electrons. The number of carbonyl (C=O) groups excluding carboxylic acids is 1. The molecule has 1 amide bonds. The Morgan fingerprint density at radius 1 is 1.20 bits per heavy atom. The number of halogens is 3. The number of alkyl halides is 3. The molecule has 0 aromatic heterocycles. The summed E-state index contributed by atoms with van der Waals surface area (Å²) in [6.45, 7) is 2.86. The fourth-order valence-electron chi connectivity index (χ4n) is 4.10. The van der Waals surface area contributed by atoms with Gasteiger partial charge in [-0.15, -0.1) is 0 Å². The first kappa shape index (κ1) is 22.9. The third-order valence-electron chi connectivity index (χ3n) is 5.70. The maximum Gasteiger partial charge on any atom is 0.391 e. The van der Waals surface area contributed by atoms with E-state index in [1.54, 1.807) is 6.92 Å². The van der Waals surface area contributed by atoms with E-state index in [1.807, 2.05) is 0 Å². The molecule has 168 valence electrons. The second-order valence-corrected chi connectivity index (χ2v) is 9.70. The summed E-state index contributed by atoms with van der Waals surface area (Å²) >= 11 is 0. The van der Waals surface area contributed by atoms with Crippen LogP contribution in [0.15, 0.2) is 23.1 Å². The van der Waals surface area contributed by atoms with Crippen LogP contribution in [0.2, 0.25) is 0 Å². The monoisotopic (exact) mass is 448 g/mol. The highest BCUT2D eigenvalue weighted by Gasteiger charge is 2.43. The number of amides is 1. The molecule has 6 nitrogen and oxygen atoms in total. The number of ether oxygens (including phenoxy) is 1. The lowest BCUT2D eigenvalue weighted by atomic mass is 9.80. The Bertz CT molecular complexity index is 867. The van der Waals surface area contributed by atoms with Gasteiger partial charge in [0, 0.05) is 24.7 Å². The zero-order valence-corrected chi connectivity index (χ0v) is 17.7. The third kappa shape index (κ3) is 5.08. The van der Waals surface area contributed by atoms with Gasteiger partial charge >= 0.3 is 6.18 Å². The van der Waals surface area contributed by atoms with Crippen LogP contribution in [-0.4, -0.2) is 44.5 Å². The van der Waals surface area contributed by atoms with Crippen molar-refractivity contribution in [1.29, 1.82) is 0 Å². The molecule has 0 bridgehead atoms. The average molecular weight is 449 g/mol. The highest BCUT2D eigenvalue weighted by molar-refractivity contribution is 7.89. The number of hydrogen-bond acceptors (Lipinski definition) is 4. The lowest BCUT2D eigenvalue weighted by molar-refractivity contribution is -0.185. The number of carbonyl (C=O) groups is 1. The van der Waals surface area contributed by atoms with E-state index in [4.69, 9.17) is 4.74 Å². The lowest BCUT2D eigenvalue weighted by Gasteiger charge is -2.29. The van der Waals surface area contributed by atoms with Crippen molar-refractivity contribution in [3.63, 3.8) is 0 Å². The molecule has 1 saturated carbocycles. The minimum absolute atomic E-state index is 0.0363. The topological polar surface area (TPSA) is 75.7 Å². The summed E-state index contributed by atoms with van der Waals surface area (Å²) in [5.41, 5.74) is 0.232. The smallest absolute Gasteiger partial charge is 0.391 e. The van der Waals surface area contributed by atoms with Gasteiger partial charge < -0.3 is 10.1 Å². The molecule has 1 heterocycles.